The van der Waals surface area contributed by atoms with E-state index in [0.717, 1.165) is 50.3 Å². The van der Waals surface area contributed by atoms with Crippen molar-refractivity contribution in [2.75, 3.05) is 44.6 Å². The standard InChI is InChI=1S/C26H27ClN6O2.2ClH/c27-20-6-3-5-19(17-20)21-18-29-33-13-9-23(30-25(21)33)26(34)31-22-7-1-2-8-24(22)35-16-4-12-32-14-10-28-11-15-32;;/h1-3,5-9,13,17-18,28H,4,10-12,14-16H2,(H,31,34);2*1H. The molecule has 4 aromatic rings. The van der Waals surface area contributed by atoms with Crippen molar-refractivity contribution in [3.8, 4) is 16.9 Å². The fourth-order valence-corrected chi connectivity index (χ4v) is 4.33. The minimum atomic E-state index is -0.317. The Kier molecular flexibility index (Phi) is 10.5. The maximum Gasteiger partial charge on any atom is 0.274 e. The predicted molar refractivity (Wildman–Crippen MR) is 152 cm³/mol. The lowest BCUT2D eigenvalue weighted by molar-refractivity contribution is 0.102. The number of nitrogens with one attached hydrogen (secondary N) is 2. The van der Waals surface area contributed by atoms with Crippen molar-refractivity contribution in [3.63, 3.8) is 0 Å². The van der Waals surface area contributed by atoms with Gasteiger partial charge in [0, 0.05) is 49.5 Å². The zero-order valence-electron chi connectivity index (χ0n) is 20.1. The van der Waals surface area contributed by atoms with Gasteiger partial charge >= 0.3 is 0 Å². The Bertz CT molecular complexity index is 1330. The zero-order valence-corrected chi connectivity index (χ0v) is 22.5. The van der Waals surface area contributed by atoms with Gasteiger partial charge in [0.2, 0.25) is 0 Å². The number of anilines is 1. The molecule has 1 fully saturated rings. The minimum absolute atomic E-state index is 0. The molecule has 2 aromatic carbocycles. The van der Waals surface area contributed by atoms with Gasteiger partial charge in [-0.2, -0.15) is 5.10 Å². The van der Waals surface area contributed by atoms with Crippen LogP contribution in [-0.2, 0) is 0 Å². The van der Waals surface area contributed by atoms with Gasteiger partial charge in [0.1, 0.15) is 11.4 Å². The summed E-state index contributed by atoms with van der Waals surface area (Å²) in [6, 6.07) is 16.6. The van der Waals surface area contributed by atoms with Crippen LogP contribution >= 0.6 is 36.4 Å². The number of aromatic nitrogens is 3. The van der Waals surface area contributed by atoms with Gasteiger partial charge in [-0.15, -0.1) is 24.8 Å². The molecule has 1 aliphatic heterocycles. The highest BCUT2D eigenvalue weighted by molar-refractivity contribution is 6.30. The van der Waals surface area contributed by atoms with Crippen molar-refractivity contribution >= 4 is 53.7 Å². The summed E-state index contributed by atoms with van der Waals surface area (Å²) in [5.74, 6) is 0.328. The second-order valence-electron chi connectivity index (χ2n) is 8.39. The van der Waals surface area contributed by atoms with E-state index in [0.29, 0.717) is 28.7 Å². The van der Waals surface area contributed by atoms with Gasteiger partial charge in [0.15, 0.2) is 5.65 Å². The number of halogens is 3. The monoisotopic (exact) mass is 562 g/mol. The number of hydrogen-bond donors (Lipinski definition) is 2. The first kappa shape index (κ1) is 28.7. The molecule has 196 valence electrons. The first-order valence-electron chi connectivity index (χ1n) is 11.7. The molecule has 0 spiro atoms. The first-order valence-corrected chi connectivity index (χ1v) is 12.1. The molecule has 8 nitrogen and oxygen atoms in total. The average Bonchev–Trinajstić information content (AvgIpc) is 3.31. The summed E-state index contributed by atoms with van der Waals surface area (Å²) in [6.45, 7) is 5.80. The summed E-state index contributed by atoms with van der Waals surface area (Å²) >= 11 is 6.16. The normalized spacial score (nSPS) is 13.4. The number of piperazine rings is 1. The van der Waals surface area contributed by atoms with E-state index < -0.39 is 0 Å². The molecule has 0 unspecified atom stereocenters. The number of carbonyl (C=O) groups excluding carboxylic acids is 1. The molecule has 2 N–H and O–H groups in total. The average molecular weight is 564 g/mol. The van der Waals surface area contributed by atoms with Crippen LogP contribution in [0.4, 0.5) is 5.69 Å². The fourth-order valence-electron chi connectivity index (χ4n) is 4.14. The molecule has 1 aliphatic rings. The van der Waals surface area contributed by atoms with Crippen LogP contribution in [0.2, 0.25) is 5.02 Å². The number of hydrogen-bond acceptors (Lipinski definition) is 6. The third kappa shape index (κ3) is 7.12. The first-order chi connectivity index (χ1) is 17.2. The smallest absolute Gasteiger partial charge is 0.274 e. The number of nitrogens with zero attached hydrogens (tertiary/aromatic N) is 4. The molecule has 0 radical (unpaired) electrons. The molecular formula is C26H29Cl3N6O2. The molecule has 37 heavy (non-hydrogen) atoms. The maximum atomic E-state index is 13.1. The van der Waals surface area contributed by atoms with Crippen molar-refractivity contribution in [2.24, 2.45) is 0 Å². The lowest BCUT2D eigenvalue weighted by Crippen LogP contribution is -2.43. The molecule has 0 saturated carbocycles. The van der Waals surface area contributed by atoms with E-state index in [1.54, 1.807) is 23.0 Å². The van der Waals surface area contributed by atoms with E-state index in [2.05, 4.69) is 25.6 Å². The van der Waals surface area contributed by atoms with E-state index in [1.807, 2.05) is 48.5 Å². The Balaban J connectivity index is 0.00000190. The summed E-state index contributed by atoms with van der Waals surface area (Å²) in [5, 5.41) is 11.3. The van der Waals surface area contributed by atoms with Crippen molar-refractivity contribution in [3.05, 3.63) is 77.7 Å². The Morgan fingerprint density at radius 2 is 1.89 bits per heavy atom. The molecule has 2 aromatic heterocycles. The van der Waals surface area contributed by atoms with Gasteiger partial charge in [-0.25, -0.2) is 9.50 Å². The van der Waals surface area contributed by atoms with Crippen LogP contribution in [0.1, 0.15) is 16.9 Å². The molecule has 0 atom stereocenters. The van der Waals surface area contributed by atoms with Crippen LogP contribution < -0.4 is 15.4 Å². The molecule has 3 heterocycles. The molecule has 0 bridgehead atoms. The van der Waals surface area contributed by atoms with Crippen LogP contribution in [0, 0.1) is 0 Å². The highest BCUT2D eigenvalue weighted by Gasteiger charge is 2.15. The second-order valence-corrected chi connectivity index (χ2v) is 8.83. The van der Waals surface area contributed by atoms with E-state index in [1.165, 1.54) is 0 Å². The minimum Gasteiger partial charge on any atom is -0.491 e. The van der Waals surface area contributed by atoms with Crippen molar-refractivity contribution in [1.82, 2.24) is 24.8 Å². The quantitative estimate of drug-likeness (QED) is 0.299. The Morgan fingerprint density at radius 3 is 2.70 bits per heavy atom. The van der Waals surface area contributed by atoms with Crippen LogP contribution in [0.3, 0.4) is 0 Å². The summed E-state index contributed by atoms with van der Waals surface area (Å²) in [7, 11) is 0. The number of amides is 1. The highest BCUT2D eigenvalue weighted by atomic mass is 35.5. The Morgan fingerprint density at radius 1 is 1.08 bits per heavy atom. The maximum absolute atomic E-state index is 13.1. The lowest BCUT2D eigenvalue weighted by Gasteiger charge is -2.27. The highest BCUT2D eigenvalue weighted by Crippen LogP contribution is 2.27. The topological polar surface area (TPSA) is 83.8 Å². The van der Waals surface area contributed by atoms with Crippen LogP contribution in [-0.4, -0.2) is 64.7 Å². The summed E-state index contributed by atoms with van der Waals surface area (Å²) in [5.41, 5.74) is 3.17. The number of ether oxygens (including phenoxy) is 1. The molecule has 1 amide bonds. The Labute approximate surface area is 233 Å². The van der Waals surface area contributed by atoms with E-state index in [9.17, 15) is 4.79 Å². The summed E-state index contributed by atoms with van der Waals surface area (Å²) < 4.78 is 7.65. The lowest BCUT2D eigenvalue weighted by atomic mass is 10.1. The number of fused-ring (bicyclic) bond motifs is 1. The number of benzene rings is 2. The summed E-state index contributed by atoms with van der Waals surface area (Å²) in [6.07, 6.45) is 4.37. The zero-order chi connectivity index (χ0) is 24.0. The number of para-hydroxylation sites is 2. The van der Waals surface area contributed by atoms with E-state index >= 15 is 0 Å². The molecule has 11 heteroatoms. The third-order valence-electron chi connectivity index (χ3n) is 5.96. The van der Waals surface area contributed by atoms with Crippen LogP contribution in [0.5, 0.6) is 5.75 Å². The van der Waals surface area contributed by atoms with Gasteiger partial charge < -0.3 is 20.3 Å². The van der Waals surface area contributed by atoms with Crippen LogP contribution in [0.25, 0.3) is 16.8 Å². The van der Waals surface area contributed by atoms with Gasteiger partial charge in [-0.1, -0.05) is 35.9 Å². The Hall–Kier alpha value is -2.88. The molecule has 5 rings (SSSR count). The van der Waals surface area contributed by atoms with E-state index in [4.69, 9.17) is 16.3 Å². The molecule has 0 aliphatic carbocycles. The van der Waals surface area contributed by atoms with Gasteiger partial charge in [0.25, 0.3) is 5.91 Å². The van der Waals surface area contributed by atoms with Gasteiger partial charge in [-0.05, 0) is 42.3 Å². The van der Waals surface area contributed by atoms with E-state index in [-0.39, 0.29) is 36.4 Å². The van der Waals surface area contributed by atoms with Gasteiger partial charge in [0.05, 0.1) is 18.5 Å². The third-order valence-corrected chi connectivity index (χ3v) is 6.19. The van der Waals surface area contributed by atoms with Gasteiger partial charge in [-0.3, -0.25) is 4.79 Å². The molecular weight excluding hydrogens is 535 g/mol. The molecule has 1 saturated heterocycles. The predicted octanol–water partition coefficient (Wildman–Crippen LogP) is 4.82. The second kappa shape index (κ2) is 13.6. The number of carbonyl (C=O) groups is 1. The summed E-state index contributed by atoms with van der Waals surface area (Å²) in [4.78, 5) is 20.1. The van der Waals surface area contributed by atoms with Crippen LogP contribution in [0.15, 0.2) is 67.0 Å². The van der Waals surface area contributed by atoms with Crippen molar-refractivity contribution in [1.29, 1.82) is 0 Å². The fraction of sp³-hybridized carbons (Fsp3) is 0.269. The van der Waals surface area contributed by atoms with Crippen molar-refractivity contribution in [2.45, 2.75) is 6.42 Å². The van der Waals surface area contributed by atoms with Crippen molar-refractivity contribution < 1.29 is 9.53 Å². The largest absolute Gasteiger partial charge is 0.491 e. The number of rotatable bonds is 8. The SMILES string of the molecule is Cl.Cl.O=C(Nc1ccccc1OCCCN1CCNCC1)c1ccn2ncc(-c3cccc(Cl)c3)c2n1.